The summed E-state index contributed by atoms with van der Waals surface area (Å²) in [5.74, 6) is 0.999. The van der Waals surface area contributed by atoms with E-state index in [4.69, 9.17) is 4.74 Å². The van der Waals surface area contributed by atoms with Gasteiger partial charge in [0.25, 0.3) is 0 Å². The highest BCUT2D eigenvalue weighted by Crippen LogP contribution is 2.21. The molecule has 0 aliphatic heterocycles. The monoisotopic (exact) mass is 262 g/mol. The fourth-order valence-electron chi connectivity index (χ4n) is 0.962. The standard InChI is InChI=1S/C9H11IO/c1-7-3-4-8(6-10)9(5-7)11-2/h3-5H,6H2,1-2H3. The summed E-state index contributed by atoms with van der Waals surface area (Å²) in [4.78, 5) is 0. The number of methoxy groups -OCH3 is 1. The van der Waals surface area contributed by atoms with Crippen LogP contribution in [0, 0.1) is 6.92 Å². The lowest BCUT2D eigenvalue weighted by Gasteiger charge is -2.05. The molecule has 0 radical (unpaired) electrons. The second-order valence-electron chi connectivity index (χ2n) is 2.45. The molecule has 0 fully saturated rings. The van der Waals surface area contributed by atoms with Crippen LogP contribution in [0.25, 0.3) is 0 Å². The predicted octanol–water partition coefficient (Wildman–Crippen LogP) is 2.94. The third kappa shape index (κ3) is 2.09. The highest BCUT2D eigenvalue weighted by molar-refractivity contribution is 14.1. The summed E-state index contributed by atoms with van der Waals surface area (Å²) in [6, 6.07) is 6.28. The maximum absolute atomic E-state index is 5.21. The second-order valence-corrected chi connectivity index (χ2v) is 3.21. The van der Waals surface area contributed by atoms with Crippen molar-refractivity contribution >= 4 is 22.6 Å². The second kappa shape index (κ2) is 3.95. The molecule has 0 aliphatic carbocycles. The molecule has 0 bridgehead atoms. The summed E-state index contributed by atoms with van der Waals surface area (Å²) in [5, 5.41) is 0. The van der Waals surface area contributed by atoms with Crippen molar-refractivity contribution in [2.75, 3.05) is 7.11 Å². The van der Waals surface area contributed by atoms with Gasteiger partial charge in [-0.05, 0) is 18.6 Å². The van der Waals surface area contributed by atoms with Gasteiger partial charge >= 0.3 is 0 Å². The topological polar surface area (TPSA) is 9.23 Å². The Labute approximate surface area is 80.9 Å². The van der Waals surface area contributed by atoms with Crippen LogP contribution < -0.4 is 4.74 Å². The molecule has 0 aromatic heterocycles. The number of alkyl halides is 1. The third-order valence-corrected chi connectivity index (χ3v) is 2.41. The van der Waals surface area contributed by atoms with Gasteiger partial charge < -0.3 is 4.74 Å². The summed E-state index contributed by atoms with van der Waals surface area (Å²) in [6.07, 6.45) is 0. The Balaban J connectivity index is 3.06. The van der Waals surface area contributed by atoms with Crippen LogP contribution in [0.5, 0.6) is 5.75 Å². The molecular formula is C9H11IO. The van der Waals surface area contributed by atoms with E-state index in [9.17, 15) is 0 Å². The Morgan fingerprint density at radius 3 is 2.73 bits per heavy atom. The van der Waals surface area contributed by atoms with Crippen molar-refractivity contribution in [3.8, 4) is 5.75 Å². The highest BCUT2D eigenvalue weighted by atomic mass is 127. The van der Waals surface area contributed by atoms with Crippen molar-refractivity contribution in [3.63, 3.8) is 0 Å². The Kier molecular flexibility index (Phi) is 3.17. The number of hydrogen-bond donors (Lipinski definition) is 0. The van der Waals surface area contributed by atoms with Gasteiger partial charge in [0.05, 0.1) is 7.11 Å². The quantitative estimate of drug-likeness (QED) is 0.588. The van der Waals surface area contributed by atoms with E-state index in [1.807, 2.05) is 0 Å². The highest BCUT2D eigenvalue weighted by Gasteiger charge is 1.99. The predicted molar refractivity (Wildman–Crippen MR) is 55.5 cm³/mol. The first-order chi connectivity index (χ1) is 5.27. The van der Waals surface area contributed by atoms with Crippen LogP contribution in [-0.4, -0.2) is 7.11 Å². The van der Waals surface area contributed by atoms with Crippen molar-refractivity contribution in [3.05, 3.63) is 29.3 Å². The molecule has 0 unspecified atom stereocenters. The maximum Gasteiger partial charge on any atom is 0.123 e. The van der Waals surface area contributed by atoms with E-state index in [0.29, 0.717) is 0 Å². The summed E-state index contributed by atoms with van der Waals surface area (Å²) in [7, 11) is 1.71. The zero-order chi connectivity index (χ0) is 8.27. The molecule has 0 aliphatic rings. The van der Waals surface area contributed by atoms with Gasteiger partial charge in [-0.2, -0.15) is 0 Å². The number of ether oxygens (including phenoxy) is 1. The van der Waals surface area contributed by atoms with Crippen molar-refractivity contribution in [1.82, 2.24) is 0 Å². The van der Waals surface area contributed by atoms with Gasteiger partial charge in [0.15, 0.2) is 0 Å². The summed E-state index contributed by atoms with van der Waals surface area (Å²) in [6.45, 7) is 2.07. The first-order valence-corrected chi connectivity index (χ1v) is 5.00. The first kappa shape index (κ1) is 8.84. The fourth-order valence-corrected chi connectivity index (χ4v) is 1.59. The van der Waals surface area contributed by atoms with Crippen molar-refractivity contribution in [2.24, 2.45) is 0 Å². The lowest BCUT2D eigenvalue weighted by atomic mass is 10.1. The Bertz CT molecular complexity index is 245. The normalized spacial score (nSPS) is 9.73. The van der Waals surface area contributed by atoms with E-state index >= 15 is 0 Å². The Morgan fingerprint density at radius 2 is 2.18 bits per heavy atom. The number of halogens is 1. The number of benzene rings is 1. The van der Waals surface area contributed by atoms with Gasteiger partial charge in [0.2, 0.25) is 0 Å². The summed E-state index contributed by atoms with van der Waals surface area (Å²) in [5.41, 5.74) is 2.51. The van der Waals surface area contributed by atoms with Gasteiger partial charge in [-0.15, -0.1) is 0 Å². The summed E-state index contributed by atoms with van der Waals surface area (Å²) < 4.78 is 6.21. The van der Waals surface area contributed by atoms with E-state index < -0.39 is 0 Å². The zero-order valence-electron chi connectivity index (χ0n) is 6.73. The molecule has 0 saturated carbocycles. The fraction of sp³-hybridized carbons (Fsp3) is 0.333. The largest absolute Gasteiger partial charge is 0.496 e. The molecular weight excluding hydrogens is 251 g/mol. The molecule has 0 spiro atoms. The molecule has 11 heavy (non-hydrogen) atoms. The molecule has 0 saturated heterocycles. The molecule has 1 nitrogen and oxygen atoms in total. The molecule has 60 valence electrons. The molecule has 1 rings (SSSR count). The molecule has 1 aromatic carbocycles. The van der Waals surface area contributed by atoms with Crippen LogP contribution in [0.4, 0.5) is 0 Å². The van der Waals surface area contributed by atoms with Crippen LogP contribution in [0.3, 0.4) is 0 Å². The minimum absolute atomic E-state index is 0.999. The van der Waals surface area contributed by atoms with Gasteiger partial charge in [-0.25, -0.2) is 0 Å². The van der Waals surface area contributed by atoms with Crippen LogP contribution in [0.15, 0.2) is 18.2 Å². The van der Waals surface area contributed by atoms with E-state index in [1.54, 1.807) is 7.11 Å². The molecule has 0 N–H and O–H groups in total. The van der Waals surface area contributed by atoms with Crippen LogP contribution in [-0.2, 0) is 4.43 Å². The number of aryl methyl sites for hydroxylation is 1. The SMILES string of the molecule is COc1cc(C)ccc1CI. The third-order valence-electron chi connectivity index (χ3n) is 1.59. The van der Waals surface area contributed by atoms with Gasteiger partial charge in [-0.1, -0.05) is 34.7 Å². The molecule has 1 aromatic rings. The van der Waals surface area contributed by atoms with Crippen LogP contribution in [0.2, 0.25) is 0 Å². The lowest BCUT2D eigenvalue weighted by Crippen LogP contribution is -1.89. The molecule has 0 amide bonds. The molecule has 0 heterocycles. The average Bonchev–Trinajstić information content (AvgIpc) is 2.04. The average molecular weight is 262 g/mol. The maximum atomic E-state index is 5.21. The number of rotatable bonds is 2. The lowest BCUT2D eigenvalue weighted by molar-refractivity contribution is 0.411. The van der Waals surface area contributed by atoms with Gasteiger partial charge in [0.1, 0.15) is 5.75 Å². The van der Waals surface area contributed by atoms with Crippen molar-refractivity contribution in [2.45, 2.75) is 11.4 Å². The molecule has 0 atom stereocenters. The van der Waals surface area contributed by atoms with E-state index in [0.717, 1.165) is 10.2 Å². The van der Waals surface area contributed by atoms with Gasteiger partial charge in [-0.3, -0.25) is 0 Å². The van der Waals surface area contributed by atoms with Crippen molar-refractivity contribution < 1.29 is 4.74 Å². The number of hydrogen-bond acceptors (Lipinski definition) is 1. The van der Waals surface area contributed by atoms with E-state index in [2.05, 4.69) is 47.7 Å². The minimum atomic E-state index is 0.999. The van der Waals surface area contributed by atoms with E-state index in [-0.39, 0.29) is 0 Å². The van der Waals surface area contributed by atoms with Gasteiger partial charge in [0, 0.05) is 9.99 Å². The van der Waals surface area contributed by atoms with Crippen LogP contribution in [0.1, 0.15) is 11.1 Å². The van der Waals surface area contributed by atoms with E-state index in [1.165, 1.54) is 11.1 Å². The minimum Gasteiger partial charge on any atom is -0.496 e. The van der Waals surface area contributed by atoms with Crippen LogP contribution >= 0.6 is 22.6 Å². The summed E-state index contributed by atoms with van der Waals surface area (Å²) >= 11 is 2.33. The smallest absolute Gasteiger partial charge is 0.123 e. The Morgan fingerprint density at radius 1 is 1.45 bits per heavy atom. The first-order valence-electron chi connectivity index (χ1n) is 3.47. The Hall–Kier alpha value is -0.250. The van der Waals surface area contributed by atoms with Crippen molar-refractivity contribution in [1.29, 1.82) is 0 Å². The molecule has 2 heteroatoms. The zero-order valence-corrected chi connectivity index (χ0v) is 8.88.